The normalized spacial score (nSPS) is 16.6. The molecule has 1 aliphatic rings. The van der Waals surface area contributed by atoms with E-state index in [2.05, 4.69) is 0 Å². The Labute approximate surface area is 93.5 Å². The van der Waals surface area contributed by atoms with Gasteiger partial charge in [0.1, 0.15) is 5.56 Å². The first-order valence-corrected chi connectivity index (χ1v) is 5.54. The van der Waals surface area contributed by atoms with E-state index in [0.29, 0.717) is 5.92 Å². The lowest BCUT2D eigenvalue weighted by atomic mass is 10.0. The first-order chi connectivity index (χ1) is 7.61. The molecule has 1 aromatic heterocycles. The molecule has 4 nitrogen and oxygen atoms in total. The fourth-order valence-electron chi connectivity index (χ4n) is 2.44. The summed E-state index contributed by atoms with van der Waals surface area (Å²) < 4.78 is 1.49. The summed E-state index contributed by atoms with van der Waals surface area (Å²) in [5.41, 5.74) is 0.411. The van der Waals surface area contributed by atoms with Crippen LogP contribution >= 0.6 is 0 Å². The number of nitrogens with zero attached hydrogens (tertiary/aromatic N) is 1. The number of rotatable bonds is 2. The van der Waals surface area contributed by atoms with E-state index in [-0.39, 0.29) is 5.56 Å². The Kier molecular flexibility index (Phi) is 2.81. The summed E-state index contributed by atoms with van der Waals surface area (Å²) in [5.74, 6) is -0.737. The summed E-state index contributed by atoms with van der Waals surface area (Å²) in [6, 6.07) is 3.21. The zero-order valence-electron chi connectivity index (χ0n) is 9.27. The van der Waals surface area contributed by atoms with Crippen LogP contribution in [0.4, 0.5) is 0 Å². The quantitative estimate of drug-likeness (QED) is 0.827. The summed E-state index contributed by atoms with van der Waals surface area (Å²) in [4.78, 5) is 22.6. The topological polar surface area (TPSA) is 59.3 Å². The van der Waals surface area contributed by atoms with E-state index in [1.54, 1.807) is 13.1 Å². The molecular weight excluding hydrogens is 206 g/mol. The highest BCUT2D eigenvalue weighted by molar-refractivity contribution is 5.87. The molecule has 0 atom stereocenters. The van der Waals surface area contributed by atoms with Gasteiger partial charge < -0.3 is 9.67 Å². The van der Waals surface area contributed by atoms with Crippen LogP contribution in [0.1, 0.15) is 47.7 Å². The van der Waals surface area contributed by atoms with Crippen molar-refractivity contribution < 1.29 is 9.90 Å². The minimum absolute atomic E-state index is 0.149. The van der Waals surface area contributed by atoms with Gasteiger partial charge in [0.2, 0.25) is 0 Å². The van der Waals surface area contributed by atoms with Crippen LogP contribution in [-0.4, -0.2) is 15.6 Å². The molecule has 16 heavy (non-hydrogen) atoms. The van der Waals surface area contributed by atoms with E-state index in [4.69, 9.17) is 5.11 Å². The largest absolute Gasteiger partial charge is 0.477 e. The molecular formula is C12H15NO3. The van der Waals surface area contributed by atoms with Crippen molar-refractivity contribution in [3.63, 3.8) is 0 Å². The summed E-state index contributed by atoms with van der Waals surface area (Å²) in [7, 11) is 1.66. The second kappa shape index (κ2) is 4.12. The minimum Gasteiger partial charge on any atom is -0.477 e. The lowest BCUT2D eigenvalue weighted by Crippen LogP contribution is -2.27. The fourth-order valence-corrected chi connectivity index (χ4v) is 2.44. The summed E-state index contributed by atoms with van der Waals surface area (Å²) in [5, 5.41) is 8.83. The minimum atomic E-state index is -1.15. The Morgan fingerprint density at radius 2 is 2.00 bits per heavy atom. The van der Waals surface area contributed by atoms with E-state index in [1.165, 1.54) is 23.5 Å². The molecule has 0 bridgehead atoms. The lowest BCUT2D eigenvalue weighted by molar-refractivity contribution is 0.0694. The zero-order valence-corrected chi connectivity index (χ0v) is 9.27. The Morgan fingerprint density at radius 3 is 2.56 bits per heavy atom. The maximum Gasteiger partial charge on any atom is 0.341 e. The average molecular weight is 221 g/mol. The summed E-state index contributed by atoms with van der Waals surface area (Å²) in [6.07, 6.45) is 4.58. The van der Waals surface area contributed by atoms with Crippen molar-refractivity contribution >= 4 is 5.97 Å². The standard InChI is InChI=1S/C12H15NO3/c1-13-10(8-4-2-3-5-8)7-6-9(11(13)14)12(15)16/h6-8H,2-5H2,1H3,(H,15,16). The molecule has 1 saturated carbocycles. The van der Waals surface area contributed by atoms with Crippen molar-refractivity contribution in [3.8, 4) is 0 Å². The van der Waals surface area contributed by atoms with Crippen LogP contribution in [0.3, 0.4) is 0 Å². The second-order valence-electron chi connectivity index (χ2n) is 4.32. The molecule has 2 rings (SSSR count). The van der Waals surface area contributed by atoms with Gasteiger partial charge >= 0.3 is 5.97 Å². The predicted molar refractivity (Wildman–Crippen MR) is 59.9 cm³/mol. The molecule has 1 N–H and O–H groups in total. The van der Waals surface area contributed by atoms with Crippen LogP contribution in [0.2, 0.25) is 0 Å². The van der Waals surface area contributed by atoms with Crippen molar-refractivity contribution in [2.24, 2.45) is 7.05 Å². The van der Waals surface area contributed by atoms with Gasteiger partial charge in [-0.25, -0.2) is 4.79 Å². The van der Waals surface area contributed by atoms with Gasteiger partial charge in [0.25, 0.3) is 5.56 Å². The van der Waals surface area contributed by atoms with Crippen LogP contribution < -0.4 is 5.56 Å². The van der Waals surface area contributed by atoms with Gasteiger partial charge in [0.15, 0.2) is 0 Å². The summed E-state index contributed by atoms with van der Waals surface area (Å²) in [6.45, 7) is 0. The second-order valence-corrected chi connectivity index (χ2v) is 4.32. The van der Waals surface area contributed by atoms with E-state index in [1.807, 2.05) is 0 Å². The molecule has 1 aromatic rings. The molecule has 1 fully saturated rings. The number of carboxylic acid groups (broad SMARTS) is 1. The first-order valence-electron chi connectivity index (χ1n) is 5.54. The molecule has 0 aromatic carbocycles. The first kappa shape index (κ1) is 10.9. The third-order valence-corrected chi connectivity index (χ3v) is 3.35. The highest BCUT2D eigenvalue weighted by Gasteiger charge is 2.21. The Morgan fingerprint density at radius 1 is 1.38 bits per heavy atom. The average Bonchev–Trinajstić information content (AvgIpc) is 2.74. The predicted octanol–water partition coefficient (Wildman–Crippen LogP) is 1.74. The monoisotopic (exact) mass is 221 g/mol. The highest BCUT2D eigenvalue weighted by atomic mass is 16.4. The van der Waals surface area contributed by atoms with E-state index in [9.17, 15) is 9.59 Å². The molecule has 0 aliphatic heterocycles. The lowest BCUT2D eigenvalue weighted by Gasteiger charge is -2.14. The van der Waals surface area contributed by atoms with Crippen LogP contribution in [0.5, 0.6) is 0 Å². The maximum atomic E-state index is 11.8. The van der Waals surface area contributed by atoms with Gasteiger partial charge in [0, 0.05) is 12.7 Å². The molecule has 86 valence electrons. The molecule has 4 heteroatoms. The number of carbonyl (C=O) groups is 1. The molecule has 0 spiro atoms. The van der Waals surface area contributed by atoms with E-state index in [0.717, 1.165) is 18.5 Å². The van der Waals surface area contributed by atoms with Crippen molar-refractivity contribution in [1.82, 2.24) is 4.57 Å². The number of hydrogen-bond acceptors (Lipinski definition) is 2. The van der Waals surface area contributed by atoms with Crippen molar-refractivity contribution in [1.29, 1.82) is 0 Å². The molecule has 0 radical (unpaired) electrons. The molecule has 0 saturated heterocycles. The number of pyridine rings is 1. The van der Waals surface area contributed by atoms with Gasteiger partial charge in [-0.3, -0.25) is 4.79 Å². The van der Waals surface area contributed by atoms with E-state index >= 15 is 0 Å². The fraction of sp³-hybridized carbons (Fsp3) is 0.500. The Balaban J connectivity index is 2.46. The molecule has 1 heterocycles. The zero-order chi connectivity index (χ0) is 11.7. The van der Waals surface area contributed by atoms with Gasteiger partial charge in [-0.15, -0.1) is 0 Å². The number of hydrogen-bond donors (Lipinski definition) is 1. The van der Waals surface area contributed by atoms with Crippen LogP contribution in [0.15, 0.2) is 16.9 Å². The van der Waals surface area contributed by atoms with Crippen molar-refractivity contribution in [2.45, 2.75) is 31.6 Å². The van der Waals surface area contributed by atoms with Crippen molar-refractivity contribution in [3.05, 3.63) is 33.7 Å². The maximum absolute atomic E-state index is 11.8. The number of aromatic carboxylic acids is 1. The smallest absolute Gasteiger partial charge is 0.341 e. The molecule has 0 unspecified atom stereocenters. The molecule has 1 aliphatic carbocycles. The van der Waals surface area contributed by atoms with Crippen LogP contribution in [0, 0.1) is 0 Å². The third kappa shape index (κ3) is 1.75. The SMILES string of the molecule is Cn1c(C2CCCC2)ccc(C(=O)O)c1=O. The Hall–Kier alpha value is -1.58. The van der Waals surface area contributed by atoms with Gasteiger partial charge in [-0.05, 0) is 30.9 Å². The van der Waals surface area contributed by atoms with Crippen LogP contribution in [0.25, 0.3) is 0 Å². The third-order valence-electron chi connectivity index (χ3n) is 3.35. The Bertz CT molecular complexity index is 470. The van der Waals surface area contributed by atoms with Gasteiger partial charge in [0.05, 0.1) is 0 Å². The number of aromatic nitrogens is 1. The van der Waals surface area contributed by atoms with Gasteiger partial charge in [-0.1, -0.05) is 12.8 Å². The van der Waals surface area contributed by atoms with E-state index < -0.39 is 11.5 Å². The van der Waals surface area contributed by atoms with Crippen LogP contribution in [-0.2, 0) is 7.05 Å². The summed E-state index contributed by atoms with van der Waals surface area (Å²) >= 11 is 0. The number of carboxylic acids is 1. The van der Waals surface area contributed by atoms with Crippen molar-refractivity contribution in [2.75, 3.05) is 0 Å². The van der Waals surface area contributed by atoms with Gasteiger partial charge in [-0.2, -0.15) is 0 Å². The highest BCUT2D eigenvalue weighted by Crippen LogP contribution is 2.33. The molecule has 0 amide bonds.